The lowest BCUT2D eigenvalue weighted by Crippen LogP contribution is -2.36. The average Bonchev–Trinajstić information content (AvgIpc) is 2.68. The molecule has 2 aromatic carbocycles. The third-order valence-corrected chi connectivity index (χ3v) is 4.87. The molecule has 2 aromatic rings. The number of benzene rings is 2. The molecule has 0 aromatic heterocycles. The standard InChI is InChI=1S/C22H28ClNO2/c1-5-17-11-10-12-18(6-2)22(17)24(21(25)15-23)16(4)19-13-8-9-14-20(19)26-7-3/h8-14,16H,5-7,15H2,1-4H3. The number of carbonyl (C=O) groups excluding carboxylic acids is 1. The van der Waals surface area contributed by atoms with Crippen LogP contribution >= 0.6 is 11.6 Å². The van der Waals surface area contributed by atoms with Crippen LogP contribution in [0.3, 0.4) is 0 Å². The SMILES string of the molecule is CCOc1ccccc1C(C)N(C(=O)CCl)c1c(CC)cccc1CC. The molecule has 0 spiro atoms. The van der Waals surface area contributed by atoms with Gasteiger partial charge in [-0.1, -0.05) is 50.2 Å². The van der Waals surface area contributed by atoms with Gasteiger partial charge < -0.3 is 9.64 Å². The van der Waals surface area contributed by atoms with Crippen molar-refractivity contribution in [1.82, 2.24) is 0 Å². The first-order chi connectivity index (χ1) is 12.6. The van der Waals surface area contributed by atoms with Crippen molar-refractivity contribution in [2.75, 3.05) is 17.4 Å². The number of hydrogen-bond donors (Lipinski definition) is 0. The fourth-order valence-electron chi connectivity index (χ4n) is 3.37. The second-order valence-corrected chi connectivity index (χ2v) is 6.44. The van der Waals surface area contributed by atoms with Gasteiger partial charge >= 0.3 is 0 Å². The normalized spacial score (nSPS) is 11.9. The molecule has 1 atom stereocenters. The van der Waals surface area contributed by atoms with Gasteiger partial charge in [0.05, 0.1) is 18.3 Å². The first kappa shape index (κ1) is 20.3. The molecule has 0 saturated carbocycles. The molecule has 1 unspecified atom stereocenters. The van der Waals surface area contributed by atoms with Gasteiger partial charge in [-0.05, 0) is 43.9 Å². The fourth-order valence-corrected chi connectivity index (χ4v) is 3.50. The van der Waals surface area contributed by atoms with Gasteiger partial charge in [-0.3, -0.25) is 4.79 Å². The number of aryl methyl sites for hydroxylation is 2. The molecule has 0 aliphatic heterocycles. The van der Waals surface area contributed by atoms with E-state index in [9.17, 15) is 4.79 Å². The van der Waals surface area contributed by atoms with Gasteiger partial charge in [-0.15, -0.1) is 11.6 Å². The van der Waals surface area contributed by atoms with E-state index in [2.05, 4.69) is 32.0 Å². The van der Waals surface area contributed by atoms with Crippen LogP contribution in [0.25, 0.3) is 0 Å². The Morgan fingerprint density at radius 3 is 2.19 bits per heavy atom. The Morgan fingerprint density at radius 2 is 1.65 bits per heavy atom. The summed E-state index contributed by atoms with van der Waals surface area (Å²) in [5, 5.41) is 0. The van der Waals surface area contributed by atoms with E-state index < -0.39 is 0 Å². The van der Waals surface area contributed by atoms with E-state index in [0.29, 0.717) is 6.61 Å². The summed E-state index contributed by atoms with van der Waals surface area (Å²) in [6.07, 6.45) is 1.71. The van der Waals surface area contributed by atoms with E-state index in [1.807, 2.05) is 43.0 Å². The number of halogens is 1. The lowest BCUT2D eigenvalue weighted by atomic mass is 9.98. The van der Waals surface area contributed by atoms with Gasteiger partial charge in [-0.25, -0.2) is 0 Å². The first-order valence-corrected chi connectivity index (χ1v) is 9.82. The zero-order chi connectivity index (χ0) is 19.1. The first-order valence-electron chi connectivity index (χ1n) is 9.29. The minimum Gasteiger partial charge on any atom is -0.494 e. The monoisotopic (exact) mass is 373 g/mol. The highest BCUT2D eigenvalue weighted by Gasteiger charge is 2.28. The third kappa shape index (κ3) is 4.21. The summed E-state index contributed by atoms with van der Waals surface area (Å²) in [5.74, 6) is 0.658. The summed E-state index contributed by atoms with van der Waals surface area (Å²) in [6.45, 7) is 8.80. The molecule has 0 N–H and O–H groups in total. The summed E-state index contributed by atoms with van der Waals surface area (Å²) >= 11 is 6.00. The molecule has 4 heteroatoms. The van der Waals surface area contributed by atoms with Crippen molar-refractivity contribution in [2.45, 2.75) is 46.6 Å². The van der Waals surface area contributed by atoms with Crippen molar-refractivity contribution in [3.8, 4) is 5.75 Å². The molecule has 0 fully saturated rings. The Hall–Kier alpha value is -2.00. The van der Waals surface area contributed by atoms with E-state index in [0.717, 1.165) is 41.0 Å². The quantitative estimate of drug-likeness (QED) is 0.568. The molecule has 2 rings (SSSR count). The molecule has 26 heavy (non-hydrogen) atoms. The maximum absolute atomic E-state index is 12.9. The minimum atomic E-state index is -0.179. The Bertz CT molecular complexity index is 722. The van der Waals surface area contributed by atoms with E-state index in [-0.39, 0.29) is 17.8 Å². The maximum Gasteiger partial charge on any atom is 0.242 e. The van der Waals surface area contributed by atoms with Crippen molar-refractivity contribution in [2.24, 2.45) is 0 Å². The van der Waals surface area contributed by atoms with Gasteiger partial charge in [0.2, 0.25) is 5.91 Å². The largest absolute Gasteiger partial charge is 0.494 e. The molecule has 0 bridgehead atoms. The summed E-state index contributed by atoms with van der Waals surface area (Å²) in [6, 6.07) is 13.9. The smallest absolute Gasteiger partial charge is 0.242 e. The van der Waals surface area contributed by atoms with Crippen LogP contribution in [0.4, 0.5) is 5.69 Å². The third-order valence-electron chi connectivity index (χ3n) is 4.65. The van der Waals surface area contributed by atoms with Gasteiger partial charge in [0.25, 0.3) is 0 Å². The summed E-state index contributed by atoms with van der Waals surface area (Å²) in [4.78, 5) is 14.7. The number of amides is 1. The molecule has 0 saturated heterocycles. The minimum absolute atomic E-state index is 0.0532. The summed E-state index contributed by atoms with van der Waals surface area (Å²) < 4.78 is 5.80. The van der Waals surface area contributed by atoms with Crippen molar-refractivity contribution in [3.63, 3.8) is 0 Å². The van der Waals surface area contributed by atoms with Crippen LogP contribution in [0.15, 0.2) is 42.5 Å². The molecule has 140 valence electrons. The number of hydrogen-bond acceptors (Lipinski definition) is 2. The Morgan fingerprint density at radius 1 is 1.04 bits per heavy atom. The van der Waals surface area contributed by atoms with Crippen molar-refractivity contribution >= 4 is 23.2 Å². The van der Waals surface area contributed by atoms with Crippen molar-refractivity contribution in [1.29, 1.82) is 0 Å². The molecule has 0 aliphatic carbocycles. The highest BCUT2D eigenvalue weighted by Crippen LogP contribution is 2.37. The van der Waals surface area contributed by atoms with E-state index in [1.165, 1.54) is 0 Å². The van der Waals surface area contributed by atoms with Gasteiger partial charge in [0.15, 0.2) is 0 Å². The van der Waals surface area contributed by atoms with Crippen molar-refractivity contribution in [3.05, 3.63) is 59.2 Å². The zero-order valence-corrected chi connectivity index (χ0v) is 16.8. The highest BCUT2D eigenvalue weighted by atomic mass is 35.5. The number of rotatable bonds is 8. The number of para-hydroxylation sites is 2. The van der Waals surface area contributed by atoms with Crippen molar-refractivity contribution < 1.29 is 9.53 Å². The lowest BCUT2D eigenvalue weighted by Gasteiger charge is -2.33. The predicted molar refractivity (Wildman–Crippen MR) is 109 cm³/mol. The van der Waals surface area contributed by atoms with Gasteiger partial charge in [0.1, 0.15) is 11.6 Å². The average molecular weight is 374 g/mol. The predicted octanol–water partition coefficient (Wildman–Crippen LogP) is 5.54. The number of carbonyl (C=O) groups is 1. The number of nitrogens with zero attached hydrogens (tertiary/aromatic N) is 1. The second kappa shape index (κ2) is 9.63. The zero-order valence-electron chi connectivity index (χ0n) is 16.1. The van der Waals surface area contributed by atoms with Gasteiger partial charge in [0, 0.05) is 5.56 Å². The van der Waals surface area contributed by atoms with E-state index in [1.54, 1.807) is 0 Å². The fraction of sp³-hybridized carbons (Fsp3) is 0.409. The Labute approximate surface area is 161 Å². The van der Waals surface area contributed by atoms with Crippen LogP contribution in [0.1, 0.15) is 50.4 Å². The van der Waals surface area contributed by atoms with Crippen LogP contribution < -0.4 is 9.64 Å². The van der Waals surface area contributed by atoms with E-state index >= 15 is 0 Å². The molecular formula is C22H28ClNO2. The lowest BCUT2D eigenvalue weighted by molar-refractivity contribution is -0.116. The number of alkyl halides is 1. The highest BCUT2D eigenvalue weighted by molar-refractivity contribution is 6.29. The molecule has 0 radical (unpaired) electrons. The number of ether oxygens (including phenoxy) is 1. The molecule has 0 heterocycles. The summed E-state index contributed by atoms with van der Waals surface area (Å²) in [5.41, 5.74) is 4.29. The molecule has 1 amide bonds. The van der Waals surface area contributed by atoms with Crippen LogP contribution in [0, 0.1) is 0 Å². The topological polar surface area (TPSA) is 29.5 Å². The Balaban J connectivity index is 2.62. The Kier molecular flexibility index (Phi) is 7.52. The molecule has 0 aliphatic rings. The van der Waals surface area contributed by atoms with E-state index in [4.69, 9.17) is 16.3 Å². The second-order valence-electron chi connectivity index (χ2n) is 6.18. The van der Waals surface area contributed by atoms with Crippen LogP contribution in [0.2, 0.25) is 0 Å². The molecule has 3 nitrogen and oxygen atoms in total. The number of anilines is 1. The maximum atomic E-state index is 12.9. The molecular weight excluding hydrogens is 346 g/mol. The summed E-state index contributed by atoms with van der Waals surface area (Å²) in [7, 11) is 0. The van der Waals surface area contributed by atoms with Gasteiger partial charge in [-0.2, -0.15) is 0 Å². The van der Waals surface area contributed by atoms with Crippen LogP contribution in [0.5, 0.6) is 5.75 Å². The van der Waals surface area contributed by atoms with Crippen LogP contribution in [-0.2, 0) is 17.6 Å². The van der Waals surface area contributed by atoms with Crippen LogP contribution in [-0.4, -0.2) is 18.4 Å².